The van der Waals surface area contributed by atoms with E-state index in [1.54, 1.807) is 0 Å². The molecule has 28 heteroatoms. The first-order chi connectivity index (χ1) is 30.4. The summed E-state index contributed by atoms with van der Waals surface area (Å²) in [7, 11) is -18.3. The highest BCUT2D eigenvalue weighted by atomic mass is 32.2. The Labute approximate surface area is 366 Å². The molecule has 0 aliphatic heterocycles. The number of benzene rings is 6. The zero-order chi connectivity index (χ0) is 47.5. The Balaban J connectivity index is 1.49. The molecule has 65 heavy (non-hydrogen) atoms. The molecule has 24 nitrogen and oxygen atoms in total. The van der Waals surface area contributed by atoms with Crippen molar-refractivity contribution in [3.8, 4) is 17.2 Å². The molecule has 0 heterocycles. The van der Waals surface area contributed by atoms with E-state index >= 15 is 0 Å². The van der Waals surface area contributed by atoms with E-state index in [9.17, 15) is 72.0 Å². The number of phenolic OH excluding ortho intramolecular Hbond substituents is 3. The lowest BCUT2D eigenvalue weighted by molar-refractivity contribution is 0.103. The average Bonchev–Trinajstić information content (AvgIpc) is 3.24. The van der Waals surface area contributed by atoms with Crippen molar-refractivity contribution >= 4 is 91.8 Å². The number of hydrogen-bond donors (Lipinski definition) is 7. The van der Waals surface area contributed by atoms with Gasteiger partial charge in [0, 0.05) is 0 Å². The Morgan fingerprint density at radius 3 is 1.00 bits per heavy atom. The van der Waals surface area contributed by atoms with Gasteiger partial charge in [-0.3, -0.25) is 23.0 Å². The molecule has 0 atom stereocenters. The van der Waals surface area contributed by atoms with Crippen LogP contribution < -0.4 is 0 Å². The molecule has 0 aromatic heterocycles. The Morgan fingerprint density at radius 1 is 0.338 bits per heavy atom. The van der Waals surface area contributed by atoms with Crippen LogP contribution in [0.15, 0.2) is 176 Å². The van der Waals surface area contributed by atoms with Gasteiger partial charge >= 0.3 is 0 Å². The monoisotopic (exact) mass is 966 g/mol. The van der Waals surface area contributed by atoms with Crippen molar-refractivity contribution in [2.24, 2.45) is 40.9 Å². The second kappa shape index (κ2) is 18.3. The zero-order valence-corrected chi connectivity index (χ0v) is 35.3. The second-order valence-electron chi connectivity index (χ2n) is 12.8. The van der Waals surface area contributed by atoms with Crippen LogP contribution in [0.3, 0.4) is 0 Å². The Morgan fingerprint density at radius 2 is 0.646 bits per heavy atom. The standard InChI is InChI=1S/C37H26N8O16S4/c46-34(28-17-18-30(42-38-20-1-9-24(10-2-20)62(50,51)52)36(48)32(28)44-40-22-5-13-26(14-6-22)64(56,57)58)29-19-31(43-39-21-3-11-25(12-4-21)63(53,54)55)37(49)33(35(29)47)45-41-23-7-15-27(16-8-23)65(59,60)61/h1-19,47-49H,(H,50,51,52)(H,53,54,55)(H,56,57,58)(H,59,60,61). The number of ketones is 1. The first kappa shape index (κ1) is 46.9. The number of rotatable bonds is 14. The predicted octanol–water partition coefficient (Wildman–Crippen LogP) is 8.68. The maximum absolute atomic E-state index is 14.5. The van der Waals surface area contributed by atoms with Crippen LogP contribution in [0.5, 0.6) is 17.2 Å². The SMILES string of the molecule is O=C(c1cc(N=Nc2ccc(S(=O)(=O)O)cc2)c(O)c(N=Nc2ccc(S(=O)(=O)O)cc2)c1O)c1ccc(N=Nc2ccc(S(=O)(=O)O)cc2)c(O)c1N=Nc1ccc(S(=O)(=O)O)cc1. The summed E-state index contributed by atoms with van der Waals surface area (Å²) in [6.45, 7) is 0. The fourth-order valence-corrected chi connectivity index (χ4v) is 7.16. The largest absolute Gasteiger partial charge is 0.505 e. The van der Waals surface area contributed by atoms with Crippen LogP contribution in [0, 0.1) is 0 Å². The average molecular weight is 967 g/mol. The Bertz CT molecular complexity index is 3440. The fraction of sp³-hybridized carbons (Fsp3) is 0. The molecule has 0 amide bonds. The molecule has 0 saturated carbocycles. The quantitative estimate of drug-likeness (QED) is 0.0305. The third-order valence-corrected chi connectivity index (χ3v) is 11.9. The van der Waals surface area contributed by atoms with E-state index in [2.05, 4.69) is 40.9 Å². The van der Waals surface area contributed by atoms with Crippen LogP contribution in [0.25, 0.3) is 0 Å². The molecular formula is C37H26N8O16S4. The van der Waals surface area contributed by atoms with Crippen LogP contribution in [0.1, 0.15) is 15.9 Å². The van der Waals surface area contributed by atoms with Crippen LogP contribution in [0.2, 0.25) is 0 Å². The highest BCUT2D eigenvalue weighted by Gasteiger charge is 2.27. The molecule has 0 unspecified atom stereocenters. The van der Waals surface area contributed by atoms with Gasteiger partial charge in [-0.1, -0.05) is 0 Å². The predicted molar refractivity (Wildman–Crippen MR) is 223 cm³/mol. The highest BCUT2D eigenvalue weighted by molar-refractivity contribution is 7.86. The molecule has 7 N–H and O–H groups in total. The van der Waals surface area contributed by atoms with Crippen LogP contribution in [0.4, 0.5) is 45.5 Å². The normalized spacial score (nSPS) is 12.8. The number of nitrogens with zero attached hydrogens (tertiary/aromatic N) is 8. The van der Waals surface area contributed by atoms with E-state index in [4.69, 9.17) is 0 Å². The van der Waals surface area contributed by atoms with E-state index in [0.29, 0.717) is 0 Å². The van der Waals surface area contributed by atoms with Gasteiger partial charge in [0.1, 0.15) is 17.1 Å². The molecule has 6 rings (SSSR count). The number of azo groups is 4. The van der Waals surface area contributed by atoms with Crippen molar-refractivity contribution in [2.45, 2.75) is 19.6 Å². The third-order valence-electron chi connectivity index (χ3n) is 8.46. The lowest BCUT2D eigenvalue weighted by Gasteiger charge is -2.12. The highest BCUT2D eigenvalue weighted by Crippen LogP contribution is 2.49. The maximum Gasteiger partial charge on any atom is 0.294 e. The minimum absolute atomic E-state index is 0.0280. The first-order valence-electron chi connectivity index (χ1n) is 17.4. The molecule has 6 aromatic carbocycles. The Kier molecular flexibility index (Phi) is 13.2. The molecule has 0 spiro atoms. The van der Waals surface area contributed by atoms with Crippen molar-refractivity contribution in [1.82, 2.24) is 0 Å². The van der Waals surface area contributed by atoms with Crippen molar-refractivity contribution in [3.63, 3.8) is 0 Å². The molecule has 0 fully saturated rings. The number of aromatic hydroxyl groups is 3. The molecule has 0 aliphatic carbocycles. The van der Waals surface area contributed by atoms with Gasteiger partial charge in [0.15, 0.2) is 28.7 Å². The molecule has 0 radical (unpaired) electrons. The number of hydrogen-bond acceptors (Lipinski definition) is 20. The van der Waals surface area contributed by atoms with Gasteiger partial charge in [-0.05, 0) is 115 Å². The van der Waals surface area contributed by atoms with Gasteiger partial charge < -0.3 is 15.3 Å². The second-order valence-corrected chi connectivity index (χ2v) is 18.5. The van der Waals surface area contributed by atoms with Crippen LogP contribution in [-0.2, 0) is 40.5 Å². The third kappa shape index (κ3) is 11.3. The van der Waals surface area contributed by atoms with Crippen molar-refractivity contribution < 1.29 is 72.0 Å². The number of phenols is 3. The maximum atomic E-state index is 14.5. The molecule has 0 saturated heterocycles. The molecule has 0 bridgehead atoms. The molecule has 0 aliphatic rings. The van der Waals surface area contributed by atoms with Gasteiger partial charge in [-0.2, -0.15) is 54.1 Å². The van der Waals surface area contributed by atoms with Crippen molar-refractivity contribution in [2.75, 3.05) is 0 Å². The minimum atomic E-state index is -4.61. The van der Waals surface area contributed by atoms with Gasteiger partial charge in [-0.25, -0.2) is 0 Å². The van der Waals surface area contributed by atoms with E-state index in [1.807, 2.05) is 0 Å². The summed E-state index contributed by atoms with van der Waals surface area (Å²) in [5, 5.41) is 65.4. The number of carbonyl (C=O) groups is 1. The summed E-state index contributed by atoms with van der Waals surface area (Å²) in [5.74, 6) is -4.04. The smallest absolute Gasteiger partial charge is 0.294 e. The van der Waals surface area contributed by atoms with E-state index in [0.717, 1.165) is 103 Å². The van der Waals surface area contributed by atoms with E-state index in [-0.39, 0.29) is 28.4 Å². The van der Waals surface area contributed by atoms with Crippen LogP contribution >= 0.6 is 0 Å². The van der Waals surface area contributed by atoms with Gasteiger partial charge in [-0.15, -0.1) is 20.5 Å². The van der Waals surface area contributed by atoms with Crippen molar-refractivity contribution in [1.29, 1.82) is 0 Å². The topological polar surface area (TPSA) is 394 Å². The van der Waals surface area contributed by atoms with Gasteiger partial charge in [0.25, 0.3) is 40.5 Å². The molecular weight excluding hydrogens is 941 g/mol. The van der Waals surface area contributed by atoms with E-state index < -0.39 is 111 Å². The molecule has 334 valence electrons. The zero-order valence-electron chi connectivity index (χ0n) is 32.0. The van der Waals surface area contributed by atoms with Crippen LogP contribution in [-0.4, -0.2) is 73.0 Å². The summed E-state index contributed by atoms with van der Waals surface area (Å²) in [5.41, 5.74) is -3.84. The summed E-state index contributed by atoms with van der Waals surface area (Å²) in [4.78, 5) is 12.5. The van der Waals surface area contributed by atoms with E-state index in [1.165, 1.54) is 12.1 Å². The first-order valence-corrected chi connectivity index (χ1v) is 23.1. The van der Waals surface area contributed by atoms with Crippen molar-refractivity contribution in [3.05, 3.63) is 126 Å². The summed E-state index contributed by atoms with van der Waals surface area (Å²) in [6, 6.07) is 19.8. The summed E-state index contributed by atoms with van der Waals surface area (Å²) in [6.07, 6.45) is 0. The minimum Gasteiger partial charge on any atom is -0.505 e. The summed E-state index contributed by atoms with van der Waals surface area (Å²) < 4.78 is 129. The molecule has 6 aromatic rings. The fourth-order valence-electron chi connectivity index (χ4n) is 5.24. The van der Waals surface area contributed by atoms with Gasteiger partial charge in [0.05, 0.1) is 53.5 Å². The lowest BCUT2D eigenvalue weighted by atomic mass is 9.98. The number of carbonyl (C=O) groups excluding carboxylic acids is 1. The van der Waals surface area contributed by atoms with Gasteiger partial charge in [0.2, 0.25) is 0 Å². The lowest BCUT2D eigenvalue weighted by Crippen LogP contribution is -2.03. The summed E-state index contributed by atoms with van der Waals surface area (Å²) >= 11 is 0. The Hall–Kier alpha value is -7.57.